The molecule has 1 aromatic rings. The number of hydrogen-bond donors (Lipinski definition) is 1. The van der Waals surface area contributed by atoms with Gasteiger partial charge in [0.25, 0.3) is 0 Å². The van der Waals surface area contributed by atoms with Gasteiger partial charge >= 0.3 is 0 Å². The van der Waals surface area contributed by atoms with E-state index in [9.17, 15) is 0 Å². The average molecular weight is 274 g/mol. The molecule has 2 N–H and O–H groups in total. The highest BCUT2D eigenvalue weighted by Gasteiger charge is 2.19. The van der Waals surface area contributed by atoms with Crippen molar-refractivity contribution in [2.45, 2.75) is 39.0 Å². The lowest BCUT2D eigenvalue weighted by atomic mass is 9.90. The Morgan fingerprint density at radius 3 is 2.55 bits per heavy atom. The number of likely N-dealkylation sites (tertiary alicyclic amines) is 1. The summed E-state index contributed by atoms with van der Waals surface area (Å²) in [4.78, 5) is 2.64. The number of hydrogen-bond acceptors (Lipinski definition) is 2. The molecular weight excluding hydrogens is 244 g/mol. The molecular formula is C18H30N2. The van der Waals surface area contributed by atoms with E-state index in [4.69, 9.17) is 5.73 Å². The summed E-state index contributed by atoms with van der Waals surface area (Å²) in [6.07, 6.45) is 6.57. The Labute approximate surface area is 124 Å². The van der Waals surface area contributed by atoms with Crippen LogP contribution in [-0.4, -0.2) is 31.1 Å². The van der Waals surface area contributed by atoms with Crippen LogP contribution in [-0.2, 0) is 6.42 Å². The predicted octanol–water partition coefficient (Wildman–Crippen LogP) is 3.32. The van der Waals surface area contributed by atoms with Crippen LogP contribution in [0, 0.1) is 11.8 Å². The summed E-state index contributed by atoms with van der Waals surface area (Å²) in [6, 6.07) is 10.9. The molecule has 1 aromatic carbocycles. The second-order valence-corrected chi connectivity index (χ2v) is 6.46. The maximum Gasteiger partial charge on any atom is -0.00160 e. The first-order chi connectivity index (χ1) is 9.78. The van der Waals surface area contributed by atoms with Crippen molar-refractivity contribution < 1.29 is 0 Å². The van der Waals surface area contributed by atoms with E-state index in [2.05, 4.69) is 42.2 Å². The van der Waals surface area contributed by atoms with Gasteiger partial charge in [0, 0.05) is 0 Å². The third kappa shape index (κ3) is 5.26. The van der Waals surface area contributed by atoms with E-state index in [0.717, 1.165) is 12.5 Å². The van der Waals surface area contributed by atoms with Gasteiger partial charge in [0.05, 0.1) is 0 Å². The molecule has 1 aliphatic rings. The van der Waals surface area contributed by atoms with Gasteiger partial charge in [-0.3, -0.25) is 0 Å². The summed E-state index contributed by atoms with van der Waals surface area (Å²) in [7, 11) is 0. The fourth-order valence-electron chi connectivity index (χ4n) is 3.14. The van der Waals surface area contributed by atoms with Crippen LogP contribution in [0.2, 0.25) is 0 Å². The average Bonchev–Trinajstić information content (AvgIpc) is 2.50. The Balaban J connectivity index is 1.63. The van der Waals surface area contributed by atoms with Crippen LogP contribution in [0.15, 0.2) is 30.3 Å². The molecule has 2 heteroatoms. The molecule has 2 rings (SSSR count). The summed E-state index contributed by atoms with van der Waals surface area (Å²) < 4.78 is 0. The Hall–Kier alpha value is -0.860. The van der Waals surface area contributed by atoms with E-state index < -0.39 is 0 Å². The van der Waals surface area contributed by atoms with Crippen LogP contribution in [0.25, 0.3) is 0 Å². The molecule has 0 amide bonds. The van der Waals surface area contributed by atoms with Gasteiger partial charge in [-0.1, -0.05) is 37.3 Å². The zero-order valence-corrected chi connectivity index (χ0v) is 12.9. The third-order valence-corrected chi connectivity index (χ3v) is 4.65. The van der Waals surface area contributed by atoms with Crippen LogP contribution in [0.1, 0.15) is 38.2 Å². The van der Waals surface area contributed by atoms with E-state index in [1.165, 1.54) is 57.3 Å². The molecule has 0 radical (unpaired) electrons. The molecule has 1 saturated heterocycles. The first kappa shape index (κ1) is 15.5. The van der Waals surface area contributed by atoms with Gasteiger partial charge in [-0.15, -0.1) is 0 Å². The zero-order valence-electron chi connectivity index (χ0n) is 12.9. The smallest absolute Gasteiger partial charge is 0.00160 e. The normalized spacial score (nSPS) is 19.1. The number of nitrogens with two attached hydrogens (primary N) is 1. The van der Waals surface area contributed by atoms with Gasteiger partial charge in [-0.2, -0.15) is 0 Å². The van der Waals surface area contributed by atoms with Crippen molar-refractivity contribution in [3.63, 3.8) is 0 Å². The number of benzene rings is 1. The molecule has 1 unspecified atom stereocenters. The molecule has 0 aliphatic carbocycles. The minimum atomic E-state index is 0.686. The Kier molecular flexibility index (Phi) is 6.55. The van der Waals surface area contributed by atoms with Crippen LogP contribution in [0.4, 0.5) is 0 Å². The van der Waals surface area contributed by atoms with Crippen molar-refractivity contribution in [2.24, 2.45) is 17.6 Å². The lowest BCUT2D eigenvalue weighted by Gasteiger charge is -2.32. The van der Waals surface area contributed by atoms with Gasteiger partial charge in [0.15, 0.2) is 0 Å². The summed E-state index contributed by atoms with van der Waals surface area (Å²) >= 11 is 0. The number of nitrogens with zero attached hydrogens (tertiary/aromatic N) is 1. The lowest BCUT2D eigenvalue weighted by molar-refractivity contribution is 0.179. The van der Waals surface area contributed by atoms with Crippen LogP contribution in [0.3, 0.4) is 0 Å². The van der Waals surface area contributed by atoms with Crippen molar-refractivity contribution in [1.82, 2.24) is 4.90 Å². The molecule has 0 bridgehead atoms. The highest BCUT2D eigenvalue weighted by Crippen LogP contribution is 2.22. The second-order valence-electron chi connectivity index (χ2n) is 6.46. The standard InChI is InChI=1S/C18H30N2/c1-16(15-19)6-5-11-20-12-9-18(10-13-20)14-17-7-3-2-4-8-17/h2-4,7-8,16,18H,5-6,9-15,19H2,1H3. The quantitative estimate of drug-likeness (QED) is 0.826. The summed E-state index contributed by atoms with van der Waals surface area (Å²) in [6.45, 7) is 6.93. The minimum Gasteiger partial charge on any atom is -0.330 e. The van der Waals surface area contributed by atoms with Gasteiger partial charge < -0.3 is 10.6 Å². The van der Waals surface area contributed by atoms with Gasteiger partial charge in [-0.05, 0) is 75.7 Å². The lowest BCUT2D eigenvalue weighted by Crippen LogP contribution is -2.35. The minimum absolute atomic E-state index is 0.686. The fraction of sp³-hybridized carbons (Fsp3) is 0.667. The number of rotatable bonds is 7. The zero-order chi connectivity index (χ0) is 14.2. The molecule has 1 fully saturated rings. The topological polar surface area (TPSA) is 29.3 Å². The predicted molar refractivity (Wildman–Crippen MR) is 86.8 cm³/mol. The van der Waals surface area contributed by atoms with Crippen molar-refractivity contribution in [3.05, 3.63) is 35.9 Å². The van der Waals surface area contributed by atoms with Crippen molar-refractivity contribution in [1.29, 1.82) is 0 Å². The molecule has 2 nitrogen and oxygen atoms in total. The summed E-state index contributed by atoms with van der Waals surface area (Å²) in [5.74, 6) is 1.57. The van der Waals surface area contributed by atoms with Crippen LogP contribution in [0.5, 0.6) is 0 Å². The Morgan fingerprint density at radius 2 is 1.90 bits per heavy atom. The molecule has 1 aliphatic heterocycles. The van der Waals surface area contributed by atoms with Gasteiger partial charge in [-0.25, -0.2) is 0 Å². The second kappa shape index (κ2) is 8.43. The van der Waals surface area contributed by atoms with E-state index in [1.54, 1.807) is 0 Å². The maximum absolute atomic E-state index is 5.67. The summed E-state index contributed by atoms with van der Waals surface area (Å²) in [5, 5.41) is 0. The molecule has 0 aromatic heterocycles. The van der Waals surface area contributed by atoms with Crippen LogP contribution < -0.4 is 5.73 Å². The highest BCUT2D eigenvalue weighted by molar-refractivity contribution is 5.15. The largest absolute Gasteiger partial charge is 0.330 e. The maximum atomic E-state index is 5.67. The van der Waals surface area contributed by atoms with Crippen molar-refractivity contribution in [2.75, 3.05) is 26.2 Å². The monoisotopic (exact) mass is 274 g/mol. The van der Waals surface area contributed by atoms with E-state index >= 15 is 0 Å². The molecule has 20 heavy (non-hydrogen) atoms. The third-order valence-electron chi connectivity index (χ3n) is 4.65. The molecule has 1 heterocycles. The van der Waals surface area contributed by atoms with E-state index in [1.807, 2.05) is 0 Å². The van der Waals surface area contributed by atoms with Crippen molar-refractivity contribution in [3.8, 4) is 0 Å². The van der Waals surface area contributed by atoms with E-state index in [-0.39, 0.29) is 0 Å². The SMILES string of the molecule is CC(CN)CCCN1CCC(Cc2ccccc2)CC1. The Bertz CT molecular complexity index is 355. The molecule has 1 atom stereocenters. The van der Waals surface area contributed by atoms with Crippen molar-refractivity contribution >= 4 is 0 Å². The first-order valence-corrected chi connectivity index (χ1v) is 8.24. The summed E-state index contributed by atoms with van der Waals surface area (Å²) in [5.41, 5.74) is 7.17. The highest BCUT2D eigenvalue weighted by atomic mass is 15.1. The first-order valence-electron chi connectivity index (χ1n) is 8.24. The fourth-order valence-corrected chi connectivity index (χ4v) is 3.14. The molecule has 0 spiro atoms. The van der Waals surface area contributed by atoms with Crippen LogP contribution >= 0.6 is 0 Å². The van der Waals surface area contributed by atoms with E-state index in [0.29, 0.717) is 5.92 Å². The number of piperidine rings is 1. The molecule has 0 saturated carbocycles. The van der Waals surface area contributed by atoms with Gasteiger partial charge in [0.1, 0.15) is 0 Å². The molecule has 112 valence electrons. The van der Waals surface area contributed by atoms with Gasteiger partial charge in [0.2, 0.25) is 0 Å². The Morgan fingerprint density at radius 1 is 1.20 bits per heavy atom.